The third kappa shape index (κ3) is 1.32. The molecule has 0 radical (unpaired) electrons. The zero-order valence-corrected chi connectivity index (χ0v) is 9.08. The molecule has 14 heavy (non-hydrogen) atoms. The predicted octanol–water partition coefficient (Wildman–Crippen LogP) is 2.58. The van der Waals surface area contributed by atoms with Crippen LogP contribution in [0.15, 0.2) is 0 Å². The van der Waals surface area contributed by atoms with Crippen molar-refractivity contribution in [1.82, 2.24) is 0 Å². The molecule has 2 fully saturated rings. The predicted molar refractivity (Wildman–Crippen MR) is 54.5 cm³/mol. The van der Waals surface area contributed by atoms with Crippen molar-refractivity contribution in [1.29, 1.82) is 0 Å². The van der Waals surface area contributed by atoms with Gasteiger partial charge in [-0.25, -0.2) is 0 Å². The summed E-state index contributed by atoms with van der Waals surface area (Å²) in [5, 5.41) is 0. The standard InChI is InChI=1S/C12H19O2/c1-3-9-10-6-5-7-12(9,10)8-11(13)14-4-2/h3,9-10H,4-8H2,1-2H3/q+1. The number of carbonyl (C=O) groups is 1. The van der Waals surface area contributed by atoms with Crippen LogP contribution in [0.4, 0.5) is 0 Å². The summed E-state index contributed by atoms with van der Waals surface area (Å²) < 4.78 is 5.04. The molecule has 0 aliphatic heterocycles. The minimum Gasteiger partial charge on any atom is -0.466 e. The Hall–Kier alpha value is -0.660. The Balaban J connectivity index is 1.93. The van der Waals surface area contributed by atoms with Crippen molar-refractivity contribution >= 4 is 5.97 Å². The summed E-state index contributed by atoms with van der Waals surface area (Å²) in [6.45, 7) is 4.51. The highest BCUT2D eigenvalue weighted by atomic mass is 16.5. The lowest BCUT2D eigenvalue weighted by Crippen LogP contribution is -2.13. The van der Waals surface area contributed by atoms with Crippen LogP contribution in [0.25, 0.3) is 0 Å². The van der Waals surface area contributed by atoms with E-state index in [4.69, 9.17) is 4.74 Å². The maximum absolute atomic E-state index is 11.5. The molecule has 0 aromatic carbocycles. The van der Waals surface area contributed by atoms with E-state index in [1.54, 1.807) is 0 Å². The highest BCUT2D eigenvalue weighted by molar-refractivity contribution is 5.71. The highest BCUT2D eigenvalue weighted by Gasteiger charge is 2.71. The van der Waals surface area contributed by atoms with Gasteiger partial charge < -0.3 is 4.74 Å². The molecule has 0 saturated heterocycles. The molecule has 2 nitrogen and oxygen atoms in total. The van der Waals surface area contributed by atoms with E-state index in [9.17, 15) is 4.79 Å². The molecule has 2 rings (SSSR count). The molecule has 78 valence electrons. The van der Waals surface area contributed by atoms with Crippen LogP contribution in [0.2, 0.25) is 0 Å². The van der Waals surface area contributed by atoms with E-state index in [1.165, 1.54) is 19.3 Å². The third-order valence-electron chi connectivity index (χ3n) is 4.02. The molecule has 0 aromatic heterocycles. The van der Waals surface area contributed by atoms with Gasteiger partial charge in [-0.15, -0.1) is 0 Å². The van der Waals surface area contributed by atoms with Crippen LogP contribution in [0.3, 0.4) is 0 Å². The Morgan fingerprint density at radius 1 is 1.64 bits per heavy atom. The maximum Gasteiger partial charge on any atom is 0.306 e. The van der Waals surface area contributed by atoms with E-state index in [0.29, 0.717) is 24.4 Å². The van der Waals surface area contributed by atoms with Crippen molar-refractivity contribution in [3.05, 3.63) is 6.42 Å². The average Bonchev–Trinajstić information content (AvgIpc) is 2.51. The Kier molecular flexibility index (Phi) is 2.46. The number of esters is 1. The van der Waals surface area contributed by atoms with Gasteiger partial charge in [0.25, 0.3) is 0 Å². The first-order valence-electron chi connectivity index (χ1n) is 5.69. The van der Waals surface area contributed by atoms with Gasteiger partial charge in [0.2, 0.25) is 0 Å². The Labute approximate surface area is 86.0 Å². The number of carbonyl (C=O) groups excluding carboxylic acids is 1. The topological polar surface area (TPSA) is 26.3 Å². The second-order valence-corrected chi connectivity index (χ2v) is 4.57. The second kappa shape index (κ2) is 3.48. The van der Waals surface area contributed by atoms with Gasteiger partial charge in [-0.05, 0) is 19.8 Å². The minimum atomic E-state index is 0.00347. The van der Waals surface area contributed by atoms with Crippen molar-refractivity contribution < 1.29 is 9.53 Å². The molecule has 2 saturated carbocycles. The number of hydrogen-bond acceptors (Lipinski definition) is 2. The van der Waals surface area contributed by atoms with Crippen LogP contribution in [0, 0.1) is 23.7 Å². The Bertz CT molecular complexity index is 230. The molecular formula is C12H19O2+. The van der Waals surface area contributed by atoms with E-state index >= 15 is 0 Å². The highest BCUT2D eigenvalue weighted by Crippen LogP contribution is 2.71. The van der Waals surface area contributed by atoms with Gasteiger partial charge in [0.05, 0.1) is 26.4 Å². The van der Waals surface area contributed by atoms with Gasteiger partial charge in [0.1, 0.15) is 5.92 Å². The summed E-state index contributed by atoms with van der Waals surface area (Å²) in [6, 6.07) is 0. The molecule has 0 bridgehead atoms. The zero-order chi connectivity index (χ0) is 10.2. The number of rotatable bonds is 4. The largest absolute Gasteiger partial charge is 0.466 e. The molecule has 2 heteroatoms. The first-order chi connectivity index (χ1) is 6.74. The minimum absolute atomic E-state index is 0.00347. The van der Waals surface area contributed by atoms with Gasteiger partial charge in [-0.2, -0.15) is 0 Å². The number of fused-ring (bicyclic) bond motifs is 1. The van der Waals surface area contributed by atoms with Crippen LogP contribution in [0.5, 0.6) is 0 Å². The zero-order valence-electron chi connectivity index (χ0n) is 9.08. The van der Waals surface area contributed by atoms with E-state index in [2.05, 4.69) is 13.3 Å². The fourth-order valence-corrected chi connectivity index (χ4v) is 3.46. The van der Waals surface area contributed by atoms with E-state index < -0.39 is 0 Å². The summed E-state index contributed by atoms with van der Waals surface area (Å²) >= 11 is 0. The molecule has 3 atom stereocenters. The SMILES string of the molecule is C[CH+]C1C2CCCC12CC(=O)OCC. The van der Waals surface area contributed by atoms with Crippen molar-refractivity contribution in [2.24, 2.45) is 17.3 Å². The van der Waals surface area contributed by atoms with E-state index in [1.807, 2.05) is 6.92 Å². The van der Waals surface area contributed by atoms with Crippen LogP contribution in [-0.2, 0) is 9.53 Å². The Morgan fingerprint density at radius 2 is 2.43 bits per heavy atom. The van der Waals surface area contributed by atoms with Crippen molar-refractivity contribution in [2.45, 2.75) is 39.5 Å². The normalized spacial score (nSPS) is 39.0. The van der Waals surface area contributed by atoms with E-state index in [-0.39, 0.29) is 5.97 Å². The van der Waals surface area contributed by atoms with Crippen LogP contribution >= 0.6 is 0 Å². The van der Waals surface area contributed by atoms with Crippen molar-refractivity contribution in [2.75, 3.05) is 6.61 Å². The lowest BCUT2D eigenvalue weighted by Gasteiger charge is -2.10. The summed E-state index contributed by atoms with van der Waals surface area (Å²) in [5.74, 6) is 1.49. The quantitative estimate of drug-likeness (QED) is 0.509. The molecule has 0 aromatic rings. The molecule has 2 aliphatic rings. The average molecular weight is 195 g/mol. The summed E-state index contributed by atoms with van der Waals surface area (Å²) in [6.07, 6.45) is 6.78. The smallest absolute Gasteiger partial charge is 0.306 e. The molecule has 0 heterocycles. The summed E-state index contributed by atoms with van der Waals surface area (Å²) in [4.78, 5) is 11.5. The Morgan fingerprint density at radius 3 is 3.00 bits per heavy atom. The van der Waals surface area contributed by atoms with Gasteiger partial charge in [-0.1, -0.05) is 6.42 Å². The maximum atomic E-state index is 11.5. The summed E-state index contributed by atoms with van der Waals surface area (Å²) in [7, 11) is 0. The fraction of sp³-hybridized carbons (Fsp3) is 0.833. The molecule has 0 spiro atoms. The molecule has 0 N–H and O–H groups in total. The van der Waals surface area contributed by atoms with Gasteiger partial charge >= 0.3 is 5.97 Å². The van der Waals surface area contributed by atoms with Gasteiger partial charge in [0.15, 0.2) is 0 Å². The lowest BCUT2D eigenvalue weighted by atomic mass is 9.95. The summed E-state index contributed by atoms with van der Waals surface area (Å²) in [5.41, 5.74) is 0.320. The lowest BCUT2D eigenvalue weighted by molar-refractivity contribution is -0.144. The van der Waals surface area contributed by atoms with Crippen molar-refractivity contribution in [3.63, 3.8) is 0 Å². The molecule has 2 aliphatic carbocycles. The van der Waals surface area contributed by atoms with Gasteiger partial charge in [-0.3, -0.25) is 4.79 Å². The first-order valence-corrected chi connectivity index (χ1v) is 5.69. The molecule has 3 unspecified atom stereocenters. The van der Waals surface area contributed by atoms with Gasteiger partial charge in [0, 0.05) is 11.3 Å². The van der Waals surface area contributed by atoms with Crippen LogP contribution in [-0.4, -0.2) is 12.6 Å². The molecule has 0 amide bonds. The molecular weight excluding hydrogens is 176 g/mol. The first kappa shape index (κ1) is 9.88. The fourth-order valence-electron chi connectivity index (χ4n) is 3.46. The van der Waals surface area contributed by atoms with E-state index in [0.717, 1.165) is 5.92 Å². The monoisotopic (exact) mass is 195 g/mol. The van der Waals surface area contributed by atoms with Crippen LogP contribution in [0.1, 0.15) is 39.5 Å². The number of ether oxygens (including phenoxy) is 1. The number of hydrogen-bond donors (Lipinski definition) is 0. The second-order valence-electron chi connectivity index (χ2n) is 4.57. The van der Waals surface area contributed by atoms with Crippen molar-refractivity contribution in [3.8, 4) is 0 Å². The third-order valence-corrected chi connectivity index (χ3v) is 4.02. The van der Waals surface area contributed by atoms with Crippen LogP contribution < -0.4 is 0 Å².